The lowest BCUT2D eigenvalue weighted by Crippen LogP contribution is -2.51. The first-order chi connectivity index (χ1) is 6.19. The average Bonchev–Trinajstić information content (AvgIpc) is 2.03. The Kier molecular flexibility index (Phi) is 3.72. The molecule has 1 aliphatic rings. The maximum Gasteiger partial charge on any atom is 0.308 e. The molecule has 0 bridgehead atoms. The molecule has 1 saturated carbocycles. The molecule has 0 radical (unpaired) electrons. The summed E-state index contributed by atoms with van der Waals surface area (Å²) in [5, 5.41) is 12.2. The van der Waals surface area contributed by atoms with Crippen LogP contribution in [0, 0.1) is 5.92 Å². The lowest BCUT2D eigenvalue weighted by atomic mass is 9.79. The molecule has 0 aromatic carbocycles. The van der Waals surface area contributed by atoms with E-state index in [1.165, 1.54) is 0 Å². The van der Waals surface area contributed by atoms with Crippen molar-refractivity contribution >= 4 is 5.97 Å². The van der Waals surface area contributed by atoms with Crippen molar-refractivity contribution < 1.29 is 9.90 Å². The van der Waals surface area contributed by atoms with E-state index >= 15 is 0 Å². The Balaban J connectivity index is 2.32. The van der Waals surface area contributed by atoms with Gasteiger partial charge in [0.25, 0.3) is 0 Å². The summed E-state index contributed by atoms with van der Waals surface area (Å²) >= 11 is 0. The Labute approximate surface area is 79.5 Å². The Hall–Kier alpha value is -0.570. The van der Waals surface area contributed by atoms with Crippen LogP contribution in [0.4, 0.5) is 0 Å². The fraction of sp³-hybridized carbons (Fsp3) is 0.900. The molecule has 0 aromatic heterocycles. The molecule has 0 saturated heterocycles. The number of nitrogens with one attached hydrogen (secondary N) is 1. The van der Waals surface area contributed by atoms with Gasteiger partial charge in [0.05, 0.1) is 5.92 Å². The molecule has 3 nitrogen and oxygen atoms in total. The highest BCUT2D eigenvalue weighted by atomic mass is 16.4. The topological polar surface area (TPSA) is 49.3 Å². The monoisotopic (exact) mass is 185 g/mol. The van der Waals surface area contributed by atoms with Gasteiger partial charge in [0.2, 0.25) is 0 Å². The fourth-order valence-electron chi connectivity index (χ4n) is 1.82. The van der Waals surface area contributed by atoms with Gasteiger partial charge in [0.15, 0.2) is 0 Å². The Morgan fingerprint density at radius 2 is 2.08 bits per heavy atom. The van der Waals surface area contributed by atoms with Gasteiger partial charge in [-0.3, -0.25) is 4.79 Å². The first-order valence-electron chi connectivity index (χ1n) is 5.17. The Morgan fingerprint density at radius 3 is 2.38 bits per heavy atom. The quantitative estimate of drug-likeness (QED) is 0.684. The molecular weight excluding hydrogens is 166 g/mol. The van der Waals surface area contributed by atoms with Crippen LogP contribution in [0.15, 0.2) is 0 Å². The van der Waals surface area contributed by atoms with E-state index in [1.807, 2.05) is 0 Å². The zero-order valence-electron chi connectivity index (χ0n) is 8.42. The summed E-state index contributed by atoms with van der Waals surface area (Å²) in [5.41, 5.74) is 0. The van der Waals surface area contributed by atoms with Crippen LogP contribution in [-0.2, 0) is 4.79 Å². The third kappa shape index (κ3) is 2.44. The number of rotatable bonds is 5. The second-order valence-corrected chi connectivity index (χ2v) is 3.81. The van der Waals surface area contributed by atoms with E-state index in [2.05, 4.69) is 19.2 Å². The van der Waals surface area contributed by atoms with E-state index in [-0.39, 0.29) is 12.0 Å². The van der Waals surface area contributed by atoms with Gasteiger partial charge in [0, 0.05) is 12.1 Å². The predicted octanol–water partition coefficient (Wildman–Crippen LogP) is 1.63. The molecule has 2 N–H and O–H groups in total. The smallest absolute Gasteiger partial charge is 0.308 e. The van der Waals surface area contributed by atoms with Crippen molar-refractivity contribution in [3.63, 3.8) is 0 Å². The molecule has 76 valence electrons. The van der Waals surface area contributed by atoms with Crippen LogP contribution in [0.3, 0.4) is 0 Å². The minimum atomic E-state index is -0.644. The van der Waals surface area contributed by atoms with Gasteiger partial charge in [-0.15, -0.1) is 0 Å². The molecule has 0 aromatic rings. The summed E-state index contributed by atoms with van der Waals surface area (Å²) < 4.78 is 0. The molecule has 1 rings (SSSR count). The van der Waals surface area contributed by atoms with Crippen LogP contribution >= 0.6 is 0 Å². The number of aliphatic carboxylic acids is 1. The van der Waals surface area contributed by atoms with Gasteiger partial charge in [0.1, 0.15) is 0 Å². The van der Waals surface area contributed by atoms with Crippen LogP contribution < -0.4 is 5.32 Å². The third-order valence-corrected chi connectivity index (χ3v) is 3.03. The molecule has 0 amide bonds. The maximum atomic E-state index is 10.7. The number of hydrogen-bond acceptors (Lipinski definition) is 2. The molecule has 1 fully saturated rings. The summed E-state index contributed by atoms with van der Waals surface area (Å²) in [4.78, 5) is 10.7. The van der Waals surface area contributed by atoms with Gasteiger partial charge >= 0.3 is 5.97 Å². The highest BCUT2D eigenvalue weighted by molar-refractivity contribution is 5.72. The molecule has 0 aliphatic heterocycles. The van der Waals surface area contributed by atoms with E-state index in [0.717, 1.165) is 25.7 Å². The van der Waals surface area contributed by atoms with Crippen molar-refractivity contribution in [2.45, 2.75) is 51.6 Å². The van der Waals surface area contributed by atoms with Gasteiger partial charge in [-0.25, -0.2) is 0 Å². The zero-order chi connectivity index (χ0) is 9.84. The Morgan fingerprint density at radius 1 is 1.46 bits per heavy atom. The van der Waals surface area contributed by atoms with E-state index in [4.69, 9.17) is 5.11 Å². The van der Waals surface area contributed by atoms with Crippen molar-refractivity contribution in [2.24, 2.45) is 5.92 Å². The third-order valence-electron chi connectivity index (χ3n) is 3.03. The summed E-state index contributed by atoms with van der Waals surface area (Å²) in [6.07, 6.45) is 4.03. The van der Waals surface area contributed by atoms with Crippen molar-refractivity contribution in [1.29, 1.82) is 0 Å². The average molecular weight is 185 g/mol. The van der Waals surface area contributed by atoms with Gasteiger partial charge in [-0.2, -0.15) is 0 Å². The lowest BCUT2D eigenvalue weighted by molar-refractivity contribution is -0.146. The lowest BCUT2D eigenvalue weighted by Gasteiger charge is -2.36. The molecule has 2 unspecified atom stereocenters. The number of carboxylic acids is 1. The summed E-state index contributed by atoms with van der Waals surface area (Å²) in [6, 6.07) is 0.717. The molecule has 13 heavy (non-hydrogen) atoms. The van der Waals surface area contributed by atoms with E-state index in [9.17, 15) is 4.79 Å². The van der Waals surface area contributed by atoms with Crippen LogP contribution in [0.1, 0.15) is 39.5 Å². The zero-order valence-corrected chi connectivity index (χ0v) is 8.42. The van der Waals surface area contributed by atoms with Crippen molar-refractivity contribution in [3.8, 4) is 0 Å². The molecule has 0 heterocycles. The fourth-order valence-corrected chi connectivity index (χ4v) is 1.82. The normalized spacial score (nSPS) is 27.3. The van der Waals surface area contributed by atoms with Crippen molar-refractivity contribution in [3.05, 3.63) is 0 Å². The first kappa shape index (κ1) is 10.5. The molecular formula is C10H19NO2. The SMILES string of the molecule is CCC(CC)NC1CCC1C(=O)O. The van der Waals surface area contributed by atoms with Gasteiger partial charge < -0.3 is 10.4 Å². The molecule has 0 spiro atoms. The summed E-state index contributed by atoms with van der Waals surface area (Å²) in [5.74, 6) is -0.782. The molecule has 3 heteroatoms. The maximum absolute atomic E-state index is 10.7. The second-order valence-electron chi connectivity index (χ2n) is 3.81. The summed E-state index contributed by atoms with van der Waals surface area (Å²) in [6.45, 7) is 4.27. The molecule has 1 aliphatic carbocycles. The molecule has 2 atom stereocenters. The van der Waals surface area contributed by atoms with Gasteiger partial charge in [-0.05, 0) is 25.7 Å². The Bertz CT molecular complexity index is 178. The minimum absolute atomic E-state index is 0.138. The van der Waals surface area contributed by atoms with Crippen LogP contribution in [0.5, 0.6) is 0 Å². The van der Waals surface area contributed by atoms with Crippen LogP contribution in [-0.4, -0.2) is 23.2 Å². The van der Waals surface area contributed by atoms with E-state index in [1.54, 1.807) is 0 Å². The highest BCUT2D eigenvalue weighted by Crippen LogP contribution is 2.28. The standard InChI is InChI=1S/C10H19NO2/c1-3-7(4-2)11-9-6-5-8(9)10(12)13/h7-9,11H,3-6H2,1-2H3,(H,12,13). The first-order valence-corrected chi connectivity index (χ1v) is 5.17. The van der Waals surface area contributed by atoms with Crippen LogP contribution in [0.25, 0.3) is 0 Å². The van der Waals surface area contributed by atoms with E-state index in [0.29, 0.717) is 6.04 Å². The van der Waals surface area contributed by atoms with Crippen LogP contribution in [0.2, 0.25) is 0 Å². The largest absolute Gasteiger partial charge is 0.481 e. The highest BCUT2D eigenvalue weighted by Gasteiger charge is 2.36. The number of carbonyl (C=O) groups is 1. The number of hydrogen-bond donors (Lipinski definition) is 2. The van der Waals surface area contributed by atoms with Crippen molar-refractivity contribution in [2.75, 3.05) is 0 Å². The predicted molar refractivity (Wildman–Crippen MR) is 51.7 cm³/mol. The second kappa shape index (κ2) is 4.61. The minimum Gasteiger partial charge on any atom is -0.481 e. The van der Waals surface area contributed by atoms with Crippen molar-refractivity contribution in [1.82, 2.24) is 5.32 Å². The van der Waals surface area contributed by atoms with Gasteiger partial charge in [-0.1, -0.05) is 13.8 Å². The summed E-state index contributed by atoms with van der Waals surface area (Å²) in [7, 11) is 0. The number of carboxylic acid groups (broad SMARTS) is 1. The van der Waals surface area contributed by atoms with E-state index < -0.39 is 5.97 Å².